The molecule has 0 spiro atoms. The summed E-state index contributed by atoms with van der Waals surface area (Å²) >= 11 is 1.42. The summed E-state index contributed by atoms with van der Waals surface area (Å²) in [5.41, 5.74) is 1.91. The number of carbonyl (C=O) groups excluding carboxylic acids is 1. The highest BCUT2D eigenvalue weighted by Gasteiger charge is 2.26. The van der Waals surface area contributed by atoms with Crippen LogP contribution < -0.4 is 4.74 Å². The normalized spacial score (nSPS) is 21.4. The Morgan fingerprint density at radius 3 is 2.54 bits per heavy atom. The number of ether oxygens (including phenoxy) is 1. The van der Waals surface area contributed by atoms with Gasteiger partial charge in [0.25, 0.3) is 11.1 Å². The minimum atomic E-state index is -2.84. The summed E-state index contributed by atoms with van der Waals surface area (Å²) in [5.74, 6) is -0.574. The molecule has 3 heterocycles. The SMILES string of the molecule is Cc1ncc(CC(=O)CC2CCC(CCN3CCc4nc(OCC(C)(F)F)sc4CC3)CC2)cn1. The summed E-state index contributed by atoms with van der Waals surface area (Å²) in [6.45, 7) is 5.10. The Morgan fingerprint density at radius 1 is 1.14 bits per heavy atom. The predicted molar refractivity (Wildman–Crippen MR) is 132 cm³/mol. The van der Waals surface area contributed by atoms with Gasteiger partial charge in [-0.05, 0) is 56.6 Å². The third-order valence-electron chi connectivity index (χ3n) is 7.10. The predicted octanol–water partition coefficient (Wildman–Crippen LogP) is 5.07. The Bertz CT molecular complexity index is 943. The monoisotopic (exact) mass is 506 g/mol. The molecule has 4 rings (SSSR count). The fraction of sp³-hybridized carbons (Fsp3) is 0.692. The van der Waals surface area contributed by atoms with E-state index in [2.05, 4.69) is 19.9 Å². The Morgan fingerprint density at radius 2 is 1.83 bits per heavy atom. The maximum absolute atomic E-state index is 13.0. The van der Waals surface area contributed by atoms with Crippen LogP contribution in [0.1, 0.15) is 67.4 Å². The van der Waals surface area contributed by atoms with Crippen molar-refractivity contribution in [2.75, 3.05) is 26.2 Å². The van der Waals surface area contributed by atoms with Crippen molar-refractivity contribution >= 4 is 17.1 Å². The Labute approximate surface area is 210 Å². The fourth-order valence-electron chi connectivity index (χ4n) is 5.08. The molecule has 2 aromatic heterocycles. The summed E-state index contributed by atoms with van der Waals surface area (Å²) in [6.07, 6.45) is 12.3. The van der Waals surface area contributed by atoms with Crippen LogP contribution in [-0.2, 0) is 24.1 Å². The lowest BCUT2D eigenvalue weighted by molar-refractivity contribution is -0.119. The second-order valence-electron chi connectivity index (χ2n) is 10.3. The van der Waals surface area contributed by atoms with Gasteiger partial charge in [-0.3, -0.25) is 4.79 Å². The number of thiazole rings is 1. The van der Waals surface area contributed by atoms with Crippen molar-refractivity contribution in [3.05, 3.63) is 34.4 Å². The van der Waals surface area contributed by atoms with Crippen molar-refractivity contribution in [3.63, 3.8) is 0 Å². The van der Waals surface area contributed by atoms with Gasteiger partial charge in [0, 0.05) is 56.5 Å². The van der Waals surface area contributed by atoms with E-state index in [1.54, 1.807) is 12.4 Å². The van der Waals surface area contributed by atoms with Crippen molar-refractivity contribution in [1.29, 1.82) is 0 Å². The van der Waals surface area contributed by atoms with E-state index in [0.717, 1.165) is 75.2 Å². The first-order chi connectivity index (χ1) is 16.7. The van der Waals surface area contributed by atoms with Crippen LogP contribution in [-0.4, -0.2) is 57.8 Å². The van der Waals surface area contributed by atoms with Gasteiger partial charge in [0.05, 0.1) is 5.69 Å². The lowest BCUT2D eigenvalue weighted by atomic mass is 9.78. The van der Waals surface area contributed by atoms with Crippen LogP contribution in [0.15, 0.2) is 12.4 Å². The van der Waals surface area contributed by atoms with Crippen molar-refractivity contribution in [2.24, 2.45) is 11.8 Å². The number of carbonyl (C=O) groups is 1. The van der Waals surface area contributed by atoms with Gasteiger partial charge in [0.2, 0.25) is 0 Å². The highest BCUT2D eigenvalue weighted by Crippen LogP contribution is 2.34. The number of aromatic nitrogens is 3. The minimum Gasteiger partial charge on any atom is -0.464 e. The molecule has 0 bridgehead atoms. The largest absolute Gasteiger partial charge is 0.464 e. The van der Waals surface area contributed by atoms with E-state index in [4.69, 9.17) is 4.74 Å². The average molecular weight is 507 g/mol. The molecule has 1 aliphatic carbocycles. The summed E-state index contributed by atoms with van der Waals surface area (Å²) in [4.78, 5) is 29.0. The van der Waals surface area contributed by atoms with Gasteiger partial charge in [-0.25, -0.2) is 23.7 Å². The molecule has 0 aromatic carbocycles. The Hall–Kier alpha value is -2.00. The number of ketones is 1. The van der Waals surface area contributed by atoms with Gasteiger partial charge in [-0.15, -0.1) is 0 Å². The molecule has 0 amide bonds. The second kappa shape index (κ2) is 11.8. The van der Waals surface area contributed by atoms with E-state index in [-0.39, 0.29) is 0 Å². The molecule has 0 atom stereocenters. The zero-order valence-electron chi connectivity index (χ0n) is 20.8. The topological polar surface area (TPSA) is 68.2 Å². The van der Waals surface area contributed by atoms with E-state index < -0.39 is 12.5 Å². The summed E-state index contributed by atoms with van der Waals surface area (Å²) in [6, 6.07) is 0. The number of halogens is 2. The molecule has 6 nitrogen and oxygen atoms in total. The van der Waals surface area contributed by atoms with Crippen LogP contribution in [0, 0.1) is 18.8 Å². The zero-order chi connectivity index (χ0) is 24.8. The second-order valence-corrected chi connectivity index (χ2v) is 11.3. The first kappa shape index (κ1) is 26.1. The number of nitrogens with zero attached hydrogens (tertiary/aromatic N) is 4. The van der Waals surface area contributed by atoms with E-state index in [0.29, 0.717) is 29.7 Å². The van der Waals surface area contributed by atoms with E-state index in [1.165, 1.54) is 35.5 Å². The molecule has 0 N–H and O–H groups in total. The molecule has 192 valence electrons. The third-order valence-corrected chi connectivity index (χ3v) is 8.17. The van der Waals surface area contributed by atoms with Crippen molar-refractivity contribution in [1.82, 2.24) is 19.9 Å². The molecule has 1 aliphatic heterocycles. The number of hydrogen-bond donors (Lipinski definition) is 0. The molecule has 2 aliphatic rings. The Kier molecular flexibility index (Phi) is 8.81. The van der Waals surface area contributed by atoms with Gasteiger partial charge < -0.3 is 9.64 Å². The quantitative estimate of drug-likeness (QED) is 0.448. The summed E-state index contributed by atoms with van der Waals surface area (Å²) in [7, 11) is 0. The van der Waals surface area contributed by atoms with Crippen LogP contribution in [0.25, 0.3) is 0 Å². The lowest BCUT2D eigenvalue weighted by Gasteiger charge is -2.30. The van der Waals surface area contributed by atoms with E-state index in [1.807, 2.05) is 6.92 Å². The molecule has 1 fully saturated rings. The van der Waals surface area contributed by atoms with Crippen molar-refractivity contribution in [3.8, 4) is 5.19 Å². The van der Waals surface area contributed by atoms with Crippen LogP contribution in [0.4, 0.5) is 8.78 Å². The minimum absolute atomic E-state index is 0.295. The molecular formula is C26H36F2N4O2S. The lowest BCUT2D eigenvalue weighted by Crippen LogP contribution is -2.30. The molecule has 0 saturated heterocycles. The summed E-state index contributed by atoms with van der Waals surface area (Å²) in [5, 5.41) is 0.368. The molecule has 1 saturated carbocycles. The van der Waals surface area contributed by atoms with E-state index >= 15 is 0 Å². The maximum Gasteiger partial charge on any atom is 0.278 e. The Balaban J connectivity index is 1.13. The van der Waals surface area contributed by atoms with Crippen molar-refractivity contribution in [2.45, 2.75) is 77.6 Å². The van der Waals surface area contributed by atoms with E-state index in [9.17, 15) is 13.6 Å². The summed E-state index contributed by atoms with van der Waals surface area (Å²) < 4.78 is 31.3. The molecule has 35 heavy (non-hydrogen) atoms. The van der Waals surface area contributed by atoms with Gasteiger partial charge in [0.15, 0.2) is 6.61 Å². The van der Waals surface area contributed by atoms with Crippen molar-refractivity contribution < 1.29 is 18.3 Å². The highest BCUT2D eigenvalue weighted by atomic mass is 32.1. The standard InChI is InChI=1S/C26H36F2N4O2S/c1-18-29-15-21(16-30-18)14-22(33)13-20-5-3-19(4-6-20)7-10-32-11-8-23-24(9-12-32)35-25(31-23)34-17-26(2,27)28/h15-16,19-20H,3-14,17H2,1-2H3. The first-order valence-electron chi connectivity index (χ1n) is 12.7. The van der Waals surface area contributed by atoms with Crippen LogP contribution in [0.3, 0.4) is 0 Å². The molecular weight excluding hydrogens is 470 g/mol. The van der Waals surface area contributed by atoms with Crippen LogP contribution in [0.5, 0.6) is 5.19 Å². The number of aryl methyl sites for hydroxylation is 1. The number of fused-ring (bicyclic) bond motifs is 1. The molecule has 0 radical (unpaired) electrons. The number of hydrogen-bond acceptors (Lipinski definition) is 7. The van der Waals surface area contributed by atoms with Gasteiger partial charge in [-0.1, -0.05) is 24.2 Å². The number of Topliss-reactive ketones (excluding diaryl/α,β-unsaturated/α-hetero) is 1. The fourth-order valence-corrected chi connectivity index (χ4v) is 6.02. The molecule has 2 aromatic rings. The smallest absolute Gasteiger partial charge is 0.278 e. The van der Waals surface area contributed by atoms with Crippen LogP contribution in [0.2, 0.25) is 0 Å². The first-order valence-corrected chi connectivity index (χ1v) is 13.6. The average Bonchev–Trinajstić information content (AvgIpc) is 3.11. The zero-order valence-corrected chi connectivity index (χ0v) is 21.6. The third kappa shape index (κ3) is 8.27. The maximum atomic E-state index is 13.0. The number of rotatable bonds is 10. The van der Waals surface area contributed by atoms with Gasteiger partial charge in [0.1, 0.15) is 11.6 Å². The van der Waals surface area contributed by atoms with Crippen LogP contribution >= 0.6 is 11.3 Å². The molecule has 0 unspecified atom stereocenters. The molecule has 9 heteroatoms. The van der Waals surface area contributed by atoms with Gasteiger partial charge in [-0.2, -0.15) is 0 Å². The highest BCUT2D eigenvalue weighted by molar-refractivity contribution is 7.13. The van der Waals surface area contributed by atoms with Gasteiger partial charge >= 0.3 is 0 Å². The number of alkyl halides is 2.